The van der Waals surface area contributed by atoms with Gasteiger partial charge < -0.3 is 10.1 Å². The van der Waals surface area contributed by atoms with Gasteiger partial charge in [0.15, 0.2) is 0 Å². The van der Waals surface area contributed by atoms with Crippen LogP contribution in [0.3, 0.4) is 0 Å². The largest absolute Gasteiger partial charge is 0.384 e. The van der Waals surface area contributed by atoms with Crippen molar-refractivity contribution in [2.24, 2.45) is 5.41 Å². The summed E-state index contributed by atoms with van der Waals surface area (Å²) in [6.07, 6.45) is 4.14. The molecule has 2 rings (SSSR count). The Morgan fingerprint density at radius 1 is 1.44 bits per heavy atom. The molecule has 3 heteroatoms. The highest BCUT2D eigenvalue weighted by Crippen LogP contribution is 2.29. The summed E-state index contributed by atoms with van der Waals surface area (Å²) in [5, 5.41) is 3.50. The molecule has 0 atom stereocenters. The lowest BCUT2D eigenvalue weighted by atomic mass is 9.82. The second-order valence-electron chi connectivity index (χ2n) is 4.96. The number of hydrogen-bond donors (Lipinski definition) is 1. The summed E-state index contributed by atoms with van der Waals surface area (Å²) in [5.74, 6) is 0. The van der Waals surface area contributed by atoms with Crippen LogP contribution in [-0.2, 0) is 4.74 Å². The van der Waals surface area contributed by atoms with Crippen molar-refractivity contribution < 1.29 is 4.74 Å². The standard InChI is InChI=1S/C13H20N2O/c1-11-9-12(3-6-14-11)15-10-13(2)4-7-16-8-5-13/h3,6,9H,4-5,7-8,10H2,1-2H3,(H,14,15). The van der Waals surface area contributed by atoms with Gasteiger partial charge >= 0.3 is 0 Å². The third kappa shape index (κ3) is 2.95. The molecule has 1 aromatic rings. The van der Waals surface area contributed by atoms with Gasteiger partial charge in [-0.25, -0.2) is 0 Å². The van der Waals surface area contributed by atoms with E-state index in [2.05, 4.69) is 23.3 Å². The van der Waals surface area contributed by atoms with Crippen molar-refractivity contribution in [1.29, 1.82) is 0 Å². The lowest BCUT2D eigenvalue weighted by molar-refractivity contribution is 0.0300. The Kier molecular flexibility index (Phi) is 3.44. The molecule has 0 saturated carbocycles. The van der Waals surface area contributed by atoms with E-state index in [1.54, 1.807) is 0 Å². The summed E-state index contributed by atoms with van der Waals surface area (Å²) < 4.78 is 5.40. The number of anilines is 1. The van der Waals surface area contributed by atoms with Crippen molar-refractivity contribution in [3.8, 4) is 0 Å². The van der Waals surface area contributed by atoms with E-state index in [1.807, 2.05) is 19.2 Å². The molecule has 1 aliphatic rings. The van der Waals surface area contributed by atoms with Crippen LogP contribution in [-0.4, -0.2) is 24.7 Å². The molecule has 0 amide bonds. The minimum absolute atomic E-state index is 0.370. The maximum Gasteiger partial charge on any atom is 0.0471 e. The molecule has 1 fully saturated rings. The topological polar surface area (TPSA) is 34.1 Å². The Balaban J connectivity index is 1.91. The third-order valence-electron chi connectivity index (χ3n) is 3.32. The zero-order valence-corrected chi connectivity index (χ0v) is 10.1. The minimum Gasteiger partial charge on any atom is -0.384 e. The molecule has 1 aromatic heterocycles. The van der Waals surface area contributed by atoms with Gasteiger partial charge in [0.05, 0.1) is 0 Å². The molecule has 1 aliphatic heterocycles. The minimum atomic E-state index is 0.370. The molecular weight excluding hydrogens is 200 g/mol. The molecule has 1 N–H and O–H groups in total. The van der Waals surface area contributed by atoms with Gasteiger partial charge in [-0.3, -0.25) is 4.98 Å². The molecule has 88 valence electrons. The number of aromatic nitrogens is 1. The third-order valence-corrected chi connectivity index (χ3v) is 3.32. The number of ether oxygens (including phenoxy) is 1. The Morgan fingerprint density at radius 2 is 2.19 bits per heavy atom. The summed E-state index contributed by atoms with van der Waals surface area (Å²) in [4.78, 5) is 4.19. The van der Waals surface area contributed by atoms with Gasteiger partial charge in [0, 0.05) is 37.3 Å². The summed E-state index contributed by atoms with van der Waals surface area (Å²) in [5.41, 5.74) is 2.59. The summed E-state index contributed by atoms with van der Waals surface area (Å²) in [7, 11) is 0. The first-order valence-electron chi connectivity index (χ1n) is 5.92. The maximum absolute atomic E-state index is 5.40. The van der Waals surface area contributed by atoms with Crippen LogP contribution < -0.4 is 5.32 Å². The highest BCUT2D eigenvalue weighted by molar-refractivity contribution is 5.43. The molecule has 1 saturated heterocycles. The van der Waals surface area contributed by atoms with Gasteiger partial charge in [0.2, 0.25) is 0 Å². The number of pyridine rings is 1. The van der Waals surface area contributed by atoms with Crippen LogP contribution in [0.2, 0.25) is 0 Å². The average Bonchev–Trinajstić information content (AvgIpc) is 2.28. The Labute approximate surface area is 97.2 Å². The normalized spacial score (nSPS) is 19.4. The molecule has 2 heterocycles. The van der Waals surface area contributed by atoms with E-state index in [0.717, 1.165) is 38.3 Å². The number of nitrogens with one attached hydrogen (secondary N) is 1. The molecular formula is C13H20N2O. The van der Waals surface area contributed by atoms with Crippen LogP contribution in [0.5, 0.6) is 0 Å². The van der Waals surface area contributed by atoms with Crippen molar-refractivity contribution in [2.45, 2.75) is 26.7 Å². The van der Waals surface area contributed by atoms with Crippen molar-refractivity contribution in [3.63, 3.8) is 0 Å². The molecule has 0 aliphatic carbocycles. The molecule has 0 spiro atoms. The van der Waals surface area contributed by atoms with Gasteiger partial charge in [0.1, 0.15) is 0 Å². The van der Waals surface area contributed by atoms with Crippen molar-refractivity contribution in [2.75, 3.05) is 25.1 Å². The highest BCUT2D eigenvalue weighted by atomic mass is 16.5. The van der Waals surface area contributed by atoms with E-state index in [9.17, 15) is 0 Å². The maximum atomic E-state index is 5.40. The van der Waals surface area contributed by atoms with Gasteiger partial charge in [-0.1, -0.05) is 6.92 Å². The number of nitrogens with zero attached hydrogens (tertiary/aromatic N) is 1. The van der Waals surface area contributed by atoms with Gasteiger partial charge in [-0.15, -0.1) is 0 Å². The van der Waals surface area contributed by atoms with Crippen LogP contribution in [0.25, 0.3) is 0 Å². The SMILES string of the molecule is Cc1cc(NCC2(C)CCOCC2)ccn1. The summed E-state index contributed by atoms with van der Waals surface area (Å²) in [6, 6.07) is 4.11. The van der Waals surface area contributed by atoms with Crippen molar-refractivity contribution in [1.82, 2.24) is 4.98 Å². The van der Waals surface area contributed by atoms with Crippen LogP contribution >= 0.6 is 0 Å². The summed E-state index contributed by atoms with van der Waals surface area (Å²) in [6.45, 7) is 7.15. The molecule has 0 aromatic carbocycles. The Bertz CT molecular complexity index is 346. The number of hydrogen-bond acceptors (Lipinski definition) is 3. The van der Waals surface area contributed by atoms with E-state index in [4.69, 9.17) is 4.74 Å². The Morgan fingerprint density at radius 3 is 2.88 bits per heavy atom. The average molecular weight is 220 g/mol. The highest BCUT2D eigenvalue weighted by Gasteiger charge is 2.26. The van der Waals surface area contributed by atoms with Crippen LogP contribution in [0.1, 0.15) is 25.5 Å². The zero-order valence-electron chi connectivity index (χ0n) is 10.1. The van der Waals surface area contributed by atoms with E-state index in [1.165, 1.54) is 5.69 Å². The quantitative estimate of drug-likeness (QED) is 0.850. The number of aryl methyl sites for hydroxylation is 1. The zero-order chi connectivity index (χ0) is 11.4. The van der Waals surface area contributed by atoms with Gasteiger partial charge in [0.25, 0.3) is 0 Å². The van der Waals surface area contributed by atoms with Gasteiger partial charge in [-0.2, -0.15) is 0 Å². The fourth-order valence-electron chi connectivity index (χ4n) is 2.01. The van der Waals surface area contributed by atoms with E-state index >= 15 is 0 Å². The molecule has 0 bridgehead atoms. The second kappa shape index (κ2) is 4.83. The monoisotopic (exact) mass is 220 g/mol. The van der Waals surface area contributed by atoms with E-state index < -0.39 is 0 Å². The molecule has 0 unspecified atom stereocenters. The lowest BCUT2D eigenvalue weighted by Crippen LogP contribution is -2.33. The first-order chi connectivity index (χ1) is 7.68. The second-order valence-corrected chi connectivity index (χ2v) is 4.96. The fraction of sp³-hybridized carbons (Fsp3) is 0.615. The van der Waals surface area contributed by atoms with Crippen molar-refractivity contribution in [3.05, 3.63) is 24.0 Å². The first kappa shape index (κ1) is 11.4. The van der Waals surface area contributed by atoms with Gasteiger partial charge in [-0.05, 0) is 37.3 Å². The van der Waals surface area contributed by atoms with Crippen LogP contribution in [0, 0.1) is 12.3 Å². The molecule has 0 radical (unpaired) electrons. The molecule has 3 nitrogen and oxygen atoms in total. The van der Waals surface area contributed by atoms with Crippen LogP contribution in [0.4, 0.5) is 5.69 Å². The van der Waals surface area contributed by atoms with E-state index in [0.29, 0.717) is 5.41 Å². The van der Waals surface area contributed by atoms with Crippen molar-refractivity contribution >= 4 is 5.69 Å². The summed E-state index contributed by atoms with van der Waals surface area (Å²) >= 11 is 0. The lowest BCUT2D eigenvalue weighted by Gasteiger charge is -2.33. The van der Waals surface area contributed by atoms with E-state index in [-0.39, 0.29) is 0 Å². The smallest absolute Gasteiger partial charge is 0.0471 e. The first-order valence-corrected chi connectivity index (χ1v) is 5.92. The number of rotatable bonds is 3. The predicted octanol–water partition coefficient (Wildman–Crippen LogP) is 2.62. The molecule has 16 heavy (non-hydrogen) atoms. The Hall–Kier alpha value is -1.09. The van der Waals surface area contributed by atoms with Crippen LogP contribution in [0.15, 0.2) is 18.3 Å². The fourth-order valence-corrected chi connectivity index (χ4v) is 2.01. The predicted molar refractivity (Wildman–Crippen MR) is 65.6 cm³/mol.